The quantitative estimate of drug-likeness (QED) is 0.861. The van der Waals surface area contributed by atoms with Gasteiger partial charge in [-0.3, -0.25) is 4.79 Å². The Morgan fingerprint density at radius 2 is 1.77 bits per heavy atom. The summed E-state index contributed by atoms with van der Waals surface area (Å²) < 4.78 is 21.2. The molecule has 1 heterocycles. The molecule has 4 rings (SSSR count). The number of rotatable bonds is 3. The summed E-state index contributed by atoms with van der Waals surface area (Å²) in [5, 5.41) is 21.8. The number of hydrogen-bond donors (Lipinski definition) is 2. The third-order valence-electron chi connectivity index (χ3n) is 4.88. The Kier molecular flexibility index (Phi) is 3.78. The van der Waals surface area contributed by atoms with Crippen LogP contribution >= 0.6 is 0 Å². The van der Waals surface area contributed by atoms with Crippen LogP contribution in [0.1, 0.15) is 27.9 Å². The fourth-order valence-corrected chi connectivity index (χ4v) is 3.51. The van der Waals surface area contributed by atoms with Gasteiger partial charge in [-0.2, -0.15) is 0 Å². The summed E-state index contributed by atoms with van der Waals surface area (Å²) >= 11 is 0. The fourth-order valence-electron chi connectivity index (χ4n) is 3.51. The van der Waals surface area contributed by atoms with E-state index in [4.69, 9.17) is 18.9 Å². The fraction of sp³-hybridized carbons (Fsp3) is 0.316. The Bertz CT molecular complexity index is 892. The van der Waals surface area contributed by atoms with E-state index in [0.29, 0.717) is 34.1 Å². The maximum atomic E-state index is 12.5. The molecule has 1 aliphatic heterocycles. The first-order valence-corrected chi connectivity index (χ1v) is 8.09. The van der Waals surface area contributed by atoms with E-state index in [9.17, 15) is 15.0 Å². The highest BCUT2D eigenvalue weighted by molar-refractivity contribution is 6.03. The molecule has 0 aromatic heterocycles. The zero-order chi connectivity index (χ0) is 18.5. The summed E-state index contributed by atoms with van der Waals surface area (Å²) in [7, 11) is 2.93. The number of carbonyl (C=O) groups is 1. The molecule has 2 aromatic carbocycles. The molecule has 7 heteroatoms. The molecule has 0 saturated heterocycles. The van der Waals surface area contributed by atoms with Crippen molar-refractivity contribution < 1.29 is 34.0 Å². The largest absolute Gasteiger partial charge is 0.493 e. The second kappa shape index (κ2) is 5.89. The summed E-state index contributed by atoms with van der Waals surface area (Å²) in [4.78, 5) is 12.5. The number of aliphatic hydroxyl groups excluding tert-OH is 1. The summed E-state index contributed by atoms with van der Waals surface area (Å²) in [6.07, 6.45) is -1.51. The first-order chi connectivity index (χ1) is 12.5. The molecule has 7 nitrogen and oxygen atoms in total. The summed E-state index contributed by atoms with van der Waals surface area (Å²) in [5.74, 6) is 1.35. The van der Waals surface area contributed by atoms with E-state index in [1.54, 1.807) is 24.3 Å². The van der Waals surface area contributed by atoms with Crippen molar-refractivity contribution in [2.45, 2.75) is 18.1 Å². The van der Waals surface area contributed by atoms with Gasteiger partial charge in [-0.15, -0.1) is 0 Å². The van der Waals surface area contributed by atoms with E-state index in [0.717, 1.165) is 0 Å². The Morgan fingerprint density at radius 1 is 1.08 bits per heavy atom. The highest BCUT2D eigenvalue weighted by Gasteiger charge is 2.45. The van der Waals surface area contributed by atoms with Crippen LogP contribution in [0.5, 0.6) is 23.0 Å². The molecule has 0 amide bonds. The highest BCUT2D eigenvalue weighted by Crippen LogP contribution is 2.46. The van der Waals surface area contributed by atoms with Gasteiger partial charge in [0.25, 0.3) is 0 Å². The molecule has 2 aliphatic rings. The Hall–Kier alpha value is -2.77. The van der Waals surface area contributed by atoms with Gasteiger partial charge in [0.2, 0.25) is 6.79 Å². The normalized spacial score (nSPS) is 23.5. The van der Waals surface area contributed by atoms with E-state index in [-0.39, 0.29) is 18.8 Å². The molecule has 1 aliphatic carbocycles. The van der Waals surface area contributed by atoms with Gasteiger partial charge in [0.1, 0.15) is 11.7 Å². The van der Waals surface area contributed by atoms with Crippen molar-refractivity contribution in [3.8, 4) is 23.0 Å². The monoisotopic (exact) mass is 358 g/mol. The maximum absolute atomic E-state index is 12.5. The van der Waals surface area contributed by atoms with Crippen LogP contribution in [-0.4, -0.2) is 43.1 Å². The number of fused-ring (bicyclic) bond motifs is 2. The van der Waals surface area contributed by atoms with Gasteiger partial charge in [-0.1, -0.05) is 6.07 Å². The van der Waals surface area contributed by atoms with Crippen LogP contribution in [0.2, 0.25) is 0 Å². The van der Waals surface area contributed by atoms with E-state index >= 15 is 0 Å². The van der Waals surface area contributed by atoms with Crippen molar-refractivity contribution >= 4 is 5.78 Å². The van der Waals surface area contributed by atoms with Crippen LogP contribution in [0.25, 0.3) is 0 Å². The van der Waals surface area contributed by atoms with E-state index in [2.05, 4.69) is 0 Å². The molecular formula is C19H18O7. The zero-order valence-corrected chi connectivity index (χ0v) is 14.3. The van der Waals surface area contributed by atoms with Crippen molar-refractivity contribution in [2.24, 2.45) is 0 Å². The third kappa shape index (κ3) is 2.32. The topological polar surface area (TPSA) is 94.5 Å². The molecule has 0 unspecified atom stereocenters. The van der Waals surface area contributed by atoms with Crippen molar-refractivity contribution in [3.05, 3.63) is 47.0 Å². The van der Waals surface area contributed by atoms with Gasteiger partial charge < -0.3 is 29.2 Å². The number of methoxy groups -OCH3 is 2. The van der Waals surface area contributed by atoms with Crippen molar-refractivity contribution in [1.82, 2.24) is 0 Å². The van der Waals surface area contributed by atoms with Crippen molar-refractivity contribution in [2.75, 3.05) is 21.0 Å². The van der Waals surface area contributed by atoms with Gasteiger partial charge in [-0.25, -0.2) is 0 Å². The highest BCUT2D eigenvalue weighted by atomic mass is 16.7. The summed E-state index contributed by atoms with van der Waals surface area (Å²) in [6, 6.07) is 8.10. The van der Waals surface area contributed by atoms with E-state index in [1.165, 1.54) is 20.3 Å². The molecular weight excluding hydrogens is 340 g/mol. The van der Waals surface area contributed by atoms with Crippen LogP contribution in [0, 0.1) is 0 Å². The molecule has 2 atom stereocenters. The number of Topliss-reactive ketones (excluding diaryl/α,β-unsaturated/α-hetero) is 1. The molecule has 2 N–H and O–H groups in total. The second-order valence-electron chi connectivity index (χ2n) is 6.27. The number of hydrogen-bond acceptors (Lipinski definition) is 7. The number of aliphatic hydroxyl groups is 2. The molecule has 0 saturated carbocycles. The zero-order valence-electron chi connectivity index (χ0n) is 14.3. The number of benzene rings is 2. The number of ketones is 1. The van der Waals surface area contributed by atoms with Crippen LogP contribution < -0.4 is 18.9 Å². The SMILES string of the molecule is COc1cc2c(cc1OC)[C@](O)(c1ccc3c(c1)OCO3)C[C@@H](O)C2=O. The summed E-state index contributed by atoms with van der Waals surface area (Å²) in [6.45, 7) is 0.111. The van der Waals surface area contributed by atoms with Gasteiger partial charge in [0.15, 0.2) is 28.8 Å². The van der Waals surface area contributed by atoms with Crippen LogP contribution in [0.15, 0.2) is 30.3 Å². The molecule has 136 valence electrons. The molecule has 0 fully saturated rings. The Labute approximate surface area is 149 Å². The summed E-state index contributed by atoms with van der Waals surface area (Å²) in [5.41, 5.74) is -0.559. The first-order valence-electron chi connectivity index (χ1n) is 8.09. The lowest BCUT2D eigenvalue weighted by Crippen LogP contribution is -2.42. The maximum Gasteiger partial charge on any atom is 0.231 e. The van der Waals surface area contributed by atoms with E-state index < -0.39 is 17.5 Å². The lowest BCUT2D eigenvalue weighted by atomic mass is 9.73. The van der Waals surface area contributed by atoms with Crippen LogP contribution in [0.4, 0.5) is 0 Å². The molecule has 0 radical (unpaired) electrons. The predicted octanol–water partition coefficient (Wildman–Crippen LogP) is 1.62. The molecule has 26 heavy (non-hydrogen) atoms. The predicted molar refractivity (Wildman–Crippen MR) is 90.1 cm³/mol. The standard InChI is InChI=1S/C19H18O7/c1-23-15-6-11-12(7-16(15)24-2)19(22,8-13(20)18(11)21)10-3-4-14-17(5-10)26-9-25-14/h3-7,13,20,22H,8-9H2,1-2H3/t13-,19-/m1/s1. The first kappa shape index (κ1) is 16.7. The van der Waals surface area contributed by atoms with Crippen molar-refractivity contribution in [3.63, 3.8) is 0 Å². The number of carbonyl (C=O) groups excluding carboxylic acids is 1. The lowest BCUT2D eigenvalue weighted by Gasteiger charge is -2.37. The Morgan fingerprint density at radius 3 is 2.50 bits per heavy atom. The van der Waals surface area contributed by atoms with Gasteiger partial charge in [0.05, 0.1) is 14.2 Å². The molecule has 0 bridgehead atoms. The lowest BCUT2D eigenvalue weighted by molar-refractivity contribution is 0.00920. The second-order valence-corrected chi connectivity index (χ2v) is 6.27. The minimum Gasteiger partial charge on any atom is -0.493 e. The van der Waals surface area contributed by atoms with Crippen LogP contribution in [-0.2, 0) is 5.60 Å². The van der Waals surface area contributed by atoms with Crippen molar-refractivity contribution in [1.29, 1.82) is 0 Å². The number of ether oxygens (including phenoxy) is 4. The molecule has 0 spiro atoms. The third-order valence-corrected chi connectivity index (χ3v) is 4.88. The van der Waals surface area contributed by atoms with Gasteiger partial charge >= 0.3 is 0 Å². The van der Waals surface area contributed by atoms with Gasteiger partial charge in [-0.05, 0) is 29.8 Å². The average Bonchev–Trinajstić information content (AvgIpc) is 3.13. The molecule has 2 aromatic rings. The Balaban J connectivity index is 1.93. The van der Waals surface area contributed by atoms with E-state index in [1.807, 2.05) is 0 Å². The minimum absolute atomic E-state index is 0.111. The minimum atomic E-state index is -1.59. The van der Waals surface area contributed by atoms with Gasteiger partial charge in [0, 0.05) is 17.5 Å². The smallest absolute Gasteiger partial charge is 0.231 e. The van der Waals surface area contributed by atoms with Crippen LogP contribution in [0.3, 0.4) is 0 Å². The average molecular weight is 358 g/mol.